The summed E-state index contributed by atoms with van der Waals surface area (Å²) in [6.45, 7) is 4.58. The molecular formula is C6H13O3. The molecule has 55 valence electrons. The predicted molar refractivity (Wildman–Crippen MR) is 33.7 cm³/mol. The number of aliphatic hydroxyl groups excluding tert-OH is 2. The van der Waals surface area contributed by atoms with Crippen molar-refractivity contribution in [3.63, 3.8) is 0 Å². The fourth-order valence-electron chi connectivity index (χ4n) is 0.402. The van der Waals surface area contributed by atoms with Gasteiger partial charge in [0.2, 0.25) is 0 Å². The van der Waals surface area contributed by atoms with Gasteiger partial charge in [-0.15, -0.1) is 0 Å². The van der Waals surface area contributed by atoms with E-state index in [2.05, 4.69) is 6.92 Å². The monoisotopic (exact) mass is 133 g/mol. The molecule has 3 N–H and O–H groups in total. The lowest BCUT2D eigenvalue weighted by Gasteiger charge is -2.24. The van der Waals surface area contributed by atoms with E-state index in [4.69, 9.17) is 15.3 Å². The number of hydrogen-bond donors (Lipinski definition) is 3. The Hall–Kier alpha value is -0.120. The number of hydrogen-bond acceptors (Lipinski definition) is 3. The zero-order valence-electron chi connectivity index (χ0n) is 5.54. The lowest BCUT2D eigenvalue weighted by Crippen LogP contribution is -2.38. The van der Waals surface area contributed by atoms with Crippen molar-refractivity contribution in [1.29, 1.82) is 0 Å². The molecule has 0 amide bonds. The third-order valence-electron chi connectivity index (χ3n) is 1.32. The van der Waals surface area contributed by atoms with Crippen molar-refractivity contribution in [2.75, 3.05) is 6.61 Å². The van der Waals surface area contributed by atoms with Gasteiger partial charge in [-0.2, -0.15) is 0 Å². The largest absolute Gasteiger partial charge is 0.396 e. The number of rotatable bonds is 3. The van der Waals surface area contributed by atoms with Crippen molar-refractivity contribution in [1.82, 2.24) is 0 Å². The van der Waals surface area contributed by atoms with Gasteiger partial charge in [0, 0.05) is 13.0 Å². The third-order valence-corrected chi connectivity index (χ3v) is 1.32. The maximum absolute atomic E-state index is 9.07. The Balaban J connectivity index is 3.70. The Morgan fingerprint density at radius 2 is 2.11 bits per heavy atom. The van der Waals surface area contributed by atoms with Gasteiger partial charge in [0.05, 0.1) is 11.7 Å². The van der Waals surface area contributed by atoms with Gasteiger partial charge < -0.3 is 15.3 Å². The molecule has 2 unspecified atom stereocenters. The average molecular weight is 133 g/mol. The van der Waals surface area contributed by atoms with Crippen molar-refractivity contribution in [3.8, 4) is 0 Å². The minimum absolute atomic E-state index is 0.102. The smallest absolute Gasteiger partial charge is 0.0925 e. The van der Waals surface area contributed by atoms with Crippen molar-refractivity contribution >= 4 is 0 Å². The second kappa shape index (κ2) is 3.15. The average Bonchev–Trinajstić information content (AvgIpc) is 1.65. The molecule has 9 heavy (non-hydrogen) atoms. The summed E-state index contributed by atoms with van der Waals surface area (Å²) in [5.41, 5.74) is -1.39. The minimum Gasteiger partial charge on any atom is -0.396 e. The second-order valence-corrected chi connectivity index (χ2v) is 2.25. The highest BCUT2D eigenvalue weighted by Gasteiger charge is 2.25. The first kappa shape index (κ1) is 8.88. The van der Waals surface area contributed by atoms with Crippen LogP contribution in [0.3, 0.4) is 0 Å². The van der Waals surface area contributed by atoms with Gasteiger partial charge in [0.15, 0.2) is 0 Å². The van der Waals surface area contributed by atoms with Gasteiger partial charge in [-0.1, -0.05) is 0 Å². The summed E-state index contributed by atoms with van der Waals surface area (Å²) in [4.78, 5) is 0. The van der Waals surface area contributed by atoms with E-state index in [9.17, 15) is 0 Å². The van der Waals surface area contributed by atoms with E-state index in [0.29, 0.717) is 0 Å². The molecule has 0 aromatic rings. The molecule has 0 aromatic carbocycles. The molecule has 3 heteroatoms. The predicted octanol–water partition coefficient (Wildman–Crippen LogP) is -0.685. The molecule has 3 nitrogen and oxygen atoms in total. The summed E-state index contributed by atoms with van der Waals surface area (Å²) in [6.07, 6.45) is -0.797. The highest BCUT2D eigenvalue weighted by Crippen LogP contribution is 2.12. The molecular weight excluding hydrogens is 120 g/mol. The zero-order chi connectivity index (χ0) is 7.49. The lowest BCUT2D eigenvalue weighted by atomic mass is 9.97. The van der Waals surface area contributed by atoms with Crippen LogP contribution in [0.2, 0.25) is 0 Å². The molecule has 0 saturated carbocycles. The molecule has 2 atom stereocenters. The van der Waals surface area contributed by atoms with E-state index in [1.54, 1.807) is 0 Å². The number of aliphatic hydroxyl groups is 3. The van der Waals surface area contributed by atoms with Gasteiger partial charge >= 0.3 is 0 Å². The minimum atomic E-state index is -1.39. The van der Waals surface area contributed by atoms with Crippen LogP contribution in [0.25, 0.3) is 0 Å². The quantitative estimate of drug-likeness (QED) is 0.478. The first-order valence-electron chi connectivity index (χ1n) is 2.87. The topological polar surface area (TPSA) is 60.7 Å². The van der Waals surface area contributed by atoms with Gasteiger partial charge in [-0.3, -0.25) is 0 Å². The first-order valence-corrected chi connectivity index (χ1v) is 2.87. The van der Waals surface area contributed by atoms with Crippen LogP contribution in [0.1, 0.15) is 13.3 Å². The van der Waals surface area contributed by atoms with Crippen LogP contribution in [0.5, 0.6) is 0 Å². The van der Waals surface area contributed by atoms with Crippen LogP contribution in [0.15, 0.2) is 0 Å². The standard InChI is InChI=1S/C6H13O3/c1-5(8)6(2,9)3-4-7/h5,7-9H,2-4H2,1H3. The normalized spacial score (nSPS) is 21.0. The van der Waals surface area contributed by atoms with Crippen molar-refractivity contribution in [2.24, 2.45) is 0 Å². The van der Waals surface area contributed by atoms with Crippen LogP contribution in [-0.4, -0.2) is 33.6 Å². The molecule has 0 aliphatic carbocycles. The highest BCUT2D eigenvalue weighted by molar-refractivity contribution is 4.85. The Labute approximate surface area is 54.9 Å². The highest BCUT2D eigenvalue weighted by atomic mass is 16.3. The molecule has 0 saturated heterocycles. The maximum Gasteiger partial charge on any atom is 0.0925 e. The SMILES string of the molecule is [CH2]C(O)(CCO)C(C)O. The summed E-state index contributed by atoms with van der Waals surface area (Å²) in [6, 6.07) is 0. The summed E-state index contributed by atoms with van der Waals surface area (Å²) >= 11 is 0. The Kier molecular flexibility index (Phi) is 3.11. The molecule has 0 spiro atoms. The van der Waals surface area contributed by atoms with Crippen LogP contribution in [0.4, 0.5) is 0 Å². The Morgan fingerprint density at radius 3 is 2.22 bits per heavy atom. The van der Waals surface area contributed by atoms with Crippen molar-refractivity contribution in [2.45, 2.75) is 25.0 Å². The first-order chi connectivity index (χ1) is 4.00. The zero-order valence-corrected chi connectivity index (χ0v) is 5.54. The molecule has 0 bridgehead atoms. The summed E-state index contributed by atoms with van der Waals surface area (Å²) in [5, 5.41) is 26.2. The summed E-state index contributed by atoms with van der Waals surface area (Å²) in [7, 11) is 0. The van der Waals surface area contributed by atoms with Gasteiger partial charge in [-0.05, 0) is 13.8 Å². The van der Waals surface area contributed by atoms with Gasteiger partial charge in [0.1, 0.15) is 0 Å². The van der Waals surface area contributed by atoms with Crippen LogP contribution < -0.4 is 0 Å². The molecule has 1 radical (unpaired) electrons. The lowest BCUT2D eigenvalue weighted by molar-refractivity contribution is -0.0454. The van der Waals surface area contributed by atoms with E-state index >= 15 is 0 Å². The summed E-state index contributed by atoms with van der Waals surface area (Å²) in [5.74, 6) is 0. The van der Waals surface area contributed by atoms with E-state index in [0.717, 1.165) is 0 Å². The Morgan fingerprint density at radius 1 is 1.67 bits per heavy atom. The third kappa shape index (κ3) is 2.79. The molecule has 0 aliphatic heterocycles. The summed E-state index contributed by atoms with van der Waals surface area (Å²) < 4.78 is 0. The van der Waals surface area contributed by atoms with Crippen molar-refractivity contribution in [3.05, 3.63) is 6.92 Å². The van der Waals surface area contributed by atoms with Crippen LogP contribution >= 0.6 is 0 Å². The molecule has 0 fully saturated rings. The van der Waals surface area contributed by atoms with E-state index in [1.807, 2.05) is 0 Å². The van der Waals surface area contributed by atoms with Crippen molar-refractivity contribution < 1.29 is 15.3 Å². The van der Waals surface area contributed by atoms with Gasteiger partial charge in [-0.25, -0.2) is 0 Å². The molecule has 0 heterocycles. The second-order valence-electron chi connectivity index (χ2n) is 2.25. The fraction of sp³-hybridized carbons (Fsp3) is 0.833. The molecule has 0 aromatic heterocycles. The van der Waals surface area contributed by atoms with E-state index < -0.39 is 11.7 Å². The Bertz CT molecular complexity index is 78.4. The molecule has 0 rings (SSSR count). The fourth-order valence-corrected chi connectivity index (χ4v) is 0.402. The van der Waals surface area contributed by atoms with E-state index in [1.165, 1.54) is 6.92 Å². The van der Waals surface area contributed by atoms with Crippen LogP contribution in [-0.2, 0) is 0 Å². The molecule has 0 aliphatic rings. The maximum atomic E-state index is 9.07. The van der Waals surface area contributed by atoms with Gasteiger partial charge in [0.25, 0.3) is 0 Å². The van der Waals surface area contributed by atoms with Crippen LogP contribution in [0, 0.1) is 6.92 Å². The van der Waals surface area contributed by atoms with E-state index in [-0.39, 0.29) is 13.0 Å².